The van der Waals surface area contributed by atoms with E-state index in [-0.39, 0.29) is 0 Å². The molecule has 0 nitrogen and oxygen atoms in total. The summed E-state index contributed by atoms with van der Waals surface area (Å²) < 4.78 is 1.42. The molecule has 0 saturated heterocycles. The van der Waals surface area contributed by atoms with Crippen molar-refractivity contribution >= 4 is 33.9 Å². The van der Waals surface area contributed by atoms with Crippen molar-refractivity contribution in [2.45, 2.75) is 26.2 Å². The largest absolute Gasteiger partial charge is 0.137 e. The molecule has 1 rings (SSSR count). The van der Waals surface area contributed by atoms with Crippen molar-refractivity contribution < 1.29 is 0 Å². The highest BCUT2D eigenvalue weighted by Gasteiger charge is 2.16. The maximum absolute atomic E-state index is 2.40. The molecule has 0 saturated carbocycles. The van der Waals surface area contributed by atoms with Crippen molar-refractivity contribution in [1.82, 2.24) is 0 Å². The molecule has 0 aliphatic carbocycles. The molecule has 0 spiro atoms. The smallest absolute Gasteiger partial charge is 0.0690 e. The molecule has 0 bridgehead atoms. The van der Waals surface area contributed by atoms with Crippen molar-refractivity contribution in [2.24, 2.45) is 0 Å². The molecule has 0 unspecified atom stereocenters. The molecule has 0 N–H and O–H groups in total. The van der Waals surface area contributed by atoms with Crippen LogP contribution in [0, 0.1) is 2.88 Å². The third kappa shape index (κ3) is 1.72. The first-order valence-corrected chi connectivity index (χ1v) is 5.21. The third-order valence-corrected chi connectivity index (χ3v) is 3.47. The summed E-state index contributed by atoms with van der Waals surface area (Å²) in [7, 11) is 0. The Labute approximate surface area is 79.8 Å². The van der Waals surface area contributed by atoms with Crippen LogP contribution in [0.1, 0.15) is 26.3 Å². The summed E-state index contributed by atoms with van der Waals surface area (Å²) in [5.74, 6) is 0. The lowest BCUT2D eigenvalue weighted by Gasteiger charge is -2.17. The van der Waals surface area contributed by atoms with Gasteiger partial charge in [0.25, 0.3) is 0 Å². The van der Waals surface area contributed by atoms with E-state index in [1.165, 1.54) is 8.45 Å². The monoisotopic (exact) mass is 266 g/mol. The molecule has 0 aromatic carbocycles. The Kier molecular flexibility index (Phi) is 2.40. The molecule has 0 amide bonds. The summed E-state index contributed by atoms with van der Waals surface area (Å²) in [6, 6.07) is 2.21. The summed E-state index contributed by atoms with van der Waals surface area (Å²) in [6.45, 7) is 6.74. The van der Waals surface area contributed by atoms with E-state index in [0.717, 1.165) is 0 Å². The summed E-state index contributed by atoms with van der Waals surface area (Å²) in [5, 5.41) is 2.16. The van der Waals surface area contributed by atoms with Gasteiger partial charge < -0.3 is 0 Å². The fraction of sp³-hybridized carbons (Fsp3) is 0.500. The van der Waals surface area contributed by atoms with Crippen LogP contribution in [0.4, 0.5) is 0 Å². The Balaban J connectivity index is 3.05. The van der Waals surface area contributed by atoms with Gasteiger partial charge in [-0.05, 0) is 45.0 Å². The first-order valence-electron chi connectivity index (χ1n) is 3.25. The average Bonchev–Trinajstić information content (AvgIpc) is 2.11. The Morgan fingerprint density at radius 3 is 2.20 bits per heavy atom. The van der Waals surface area contributed by atoms with E-state index in [9.17, 15) is 0 Å². The number of hydrogen-bond acceptors (Lipinski definition) is 1. The molecule has 1 aromatic rings. The van der Waals surface area contributed by atoms with Crippen molar-refractivity contribution in [3.63, 3.8) is 0 Å². The minimum absolute atomic E-state index is 0.316. The van der Waals surface area contributed by atoms with Gasteiger partial charge in [0.2, 0.25) is 0 Å². The first kappa shape index (κ1) is 8.53. The van der Waals surface area contributed by atoms with Gasteiger partial charge in [-0.25, -0.2) is 0 Å². The molecule has 2 heteroatoms. The zero-order valence-corrected chi connectivity index (χ0v) is 9.41. The fourth-order valence-electron chi connectivity index (χ4n) is 0.836. The molecular weight excluding hydrogens is 255 g/mol. The van der Waals surface area contributed by atoms with Gasteiger partial charge in [-0.15, -0.1) is 11.3 Å². The molecule has 10 heavy (non-hydrogen) atoms. The topological polar surface area (TPSA) is 0 Å². The average molecular weight is 266 g/mol. The van der Waals surface area contributed by atoms with Crippen molar-refractivity contribution in [1.29, 1.82) is 0 Å². The highest BCUT2D eigenvalue weighted by molar-refractivity contribution is 14.1. The van der Waals surface area contributed by atoms with Crippen molar-refractivity contribution in [2.75, 3.05) is 0 Å². The molecule has 1 heterocycles. The second-order valence-electron chi connectivity index (χ2n) is 3.36. The minimum atomic E-state index is 0.316. The van der Waals surface area contributed by atoms with Crippen LogP contribution in [0.5, 0.6) is 0 Å². The van der Waals surface area contributed by atoms with Crippen LogP contribution in [-0.2, 0) is 5.41 Å². The van der Waals surface area contributed by atoms with E-state index in [1.807, 2.05) is 11.3 Å². The SMILES string of the molecule is CC(C)(C)c1ccsc1I. The van der Waals surface area contributed by atoms with Gasteiger partial charge >= 0.3 is 0 Å². The van der Waals surface area contributed by atoms with Crippen LogP contribution < -0.4 is 0 Å². The predicted molar refractivity (Wildman–Crippen MR) is 55.7 cm³/mol. The van der Waals surface area contributed by atoms with E-state index < -0.39 is 0 Å². The van der Waals surface area contributed by atoms with Gasteiger partial charge in [-0.2, -0.15) is 0 Å². The molecule has 56 valence electrons. The van der Waals surface area contributed by atoms with Gasteiger partial charge in [-0.3, -0.25) is 0 Å². The highest BCUT2D eigenvalue weighted by Crippen LogP contribution is 2.30. The van der Waals surface area contributed by atoms with E-state index in [1.54, 1.807) is 0 Å². The zero-order chi connectivity index (χ0) is 7.78. The van der Waals surface area contributed by atoms with Crippen LogP contribution in [0.3, 0.4) is 0 Å². The highest BCUT2D eigenvalue weighted by atomic mass is 127. The fourth-order valence-corrected chi connectivity index (χ4v) is 3.09. The lowest BCUT2D eigenvalue weighted by atomic mass is 9.90. The normalized spacial score (nSPS) is 12.0. The van der Waals surface area contributed by atoms with Gasteiger partial charge in [0.1, 0.15) is 0 Å². The van der Waals surface area contributed by atoms with Crippen molar-refractivity contribution in [3.05, 3.63) is 19.9 Å². The quantitative estimate of drug-likeness (QED) is 0.629. The Hall–Kier alpha value is 0.430. The molecule has 1 aromatic heterocycles. The van der Waals surface area contributed by atoms with Gasteiger partial charge in [0, 0.05) is 0 Å². The second kappa shape index (κ2) is 2.81. The molecular formula is C8H11IS. The number of halogens is 1. The summed E-state index contributed by atoms with van der Waals surface area (Å²) in [5.41, 5.74) is 1.79. The van der Waals surface area contributed by atoms with Gasteiger partial charge in [-0.1, -0.05) is 20.8 Å². The lowest BCUT2D eigenvalue weighted by Crippen LogP contribution is -2.10. The van der Waals surface area contributed by atoms with E-state index >= 15 is 0 Å². The van der Waals surface area contributed by atoms with Crippen molar-refractivity contribution in [3.8, 4) is 0 Å². The summed E-state index contributed by atoms with van der Waals surface area (Å²) in [6.07, 6.45) is 0. The maximum atomic E-state index is 2.40. The molecule has 0 fully saturated rings. The predicted octanol–water partition coefficient (Wildman–Crippen LogP) is 3.65. The molecule has 0 atom stereocenters. The summed E-state index contributed by atoms with van der Waals surface area (Å²) in [4.78, 5) is 0. The van der Waals surface area contributed by atoms with E-state index in [4.69, 9.17) is 0 Å². The molecule has 0 aliphatic heterocycles. The second-order valence-corrected chi connectivity index (χ2v) is 6.08. The minimum Gasteiger partial charge on any atom is -0.137 e. The summed E-state index contributed by atoms with van der Waals surface area (Å²) >= 11 is 4.22. The van der Waals surface area contributed by atoms with Crippen LogP contribution in [0.25, 0.3) is 0 Å². The third-order valence-electron chi connectivity index (χ3n) is 1.43. The maximum Gasteiger partial charge on any atom is 0.0690 e. The Morgan fingerprint density at radius 1 is 1.40 bits per heavy atom. The standard InChI is InChI=1S/C8H11IS/c1-8(2,3)6-4-5-10-7(6)9/h4-5H,1-3H3. The van der Waals surface area contributed by atoms with Crippen LogP contribution in [-0.4, -0.2) is 0 Å². The molecule has 0 aliphatic rings. The Bertz CT molecular complexity index is 219. The zero-order valence-electron chi connectivity index (χ0n) is 6.44. The molecule has 0 radical (unpaired) electrons. The lowest BCUT2D eigenvalue weighted by molar-refractivity contribution is 0.590. The van der Waals surface area contributed by atoms with E-state index in [2.05, 4.69) is 54.8 Å². The number of rotatable bonds is 0. The number of thiophene rings is 1. The van der Waals surface area contributed by atoms with Crippen LogP contribution in [0.2, 0.25) is 0 Å². The van der Waals surface area contributed by atoms with Gasteiger partial charge in [0.15, 0.2) is 0 Å². The van der Waals surface area contributed by atoms with E-state index in [0.29, 0.717) is 5.41 Å². The van der Waals surface area contributed by atoms with Crippen LogP contribution >= 0.6 is 33.9 Å². The van der Waals surface area contributed by atoms with Crippen LogP contribution in [0.15, 0.2) is 11.4 Å². The van der Waals surface area contributed by atoms with Gasteiger partial charge in [0.05, 0.1) is 2.88 Å². The Morgan fingerprint density at radius 2 is 2.00 bits per heavy atom. The number of hydrogen-bond donors (Lipinski definition) is 0. The first-order chi connectivity index (χ1) is 4.52.